The Morgan fingerprint density at radius 2 is 2.00 bits per heavy atom. The smallest absolute Gasteiger partial charge is 0.0702 e. The number of rotatable bonds is 5. The largest absolute Gasteiger partial charge is 0.326 e. The van der Waals surface area contributed by atoms with Gasteiger partial charge in [-0.3, -0.25) is 4.90 Å². The molecule has 0 radical (unpaired) electrons. The third-order valence-corrected chi connectivity index (χ3v) is 6.46. The topological polar surface area (TPSA) is 29.3 Å². The molecule has 20 heavy (non-hydrogen) atoms. The van der Waals surface area contributed by atoms with Gasteiger partial charge in [-0.25, -0.2) is 0 Å². The molecule has 1 heterocycles. The van der Waals surface area contributed by atoms with E-state index in [2.05, 4.69) is 53.9 Å². The summed E-state index contributed by atoms with van der Waals surface area (Å²) in [6.45, 7) is 4.57. The minimum absolute atomic E-state index is 0.213. The highest BCUT2D eigenvalue weighted by molar-refractivity contribution is 9.11. The van der Waals surface area contributed by atoms with Crippen LogP contribution in [0.25, 0.3) is 0 Å². The highest BCUT2D eigenvalue weighted by Gasteiger charge is 2.31. The van der Waals surface area contributed by atoms with Gasteiger partial charge in [-0.05, 0) is 73.1 Å². The molecule has 2 N–H and O–H groups in total. The number of hydrogen-bond donors (Lipinski definition) is 1. The van der Waals surface area contributed by atoms with E-state index in [0.29, 0.717) is 12.1 Å². The Morgan fingerprint density at radius 3 is 2.50 bits per heavy atom. The van der Waals surface area contributed by atoms with Gasteiger partial charge in [-0.15, -0.1) is 11.3 Å². The Balaban J connectivity index is 2.14. The second-order valence-corrected chi connectivity index (χ2v) is 8.73. The summed E-state index contributed by atoms with van der Waals surface area (Å²) < 4.78 is 1.20. The highest BCUT2D eigenvalue weighted by atomic mass is 79.9. The van der Waals surface area contributed by atoms with Crippen molar-refractivity contribution in [3.05, 3.63) is 20.8 Å². The monoisotopic (exact) mass is 358 g/mol. The van der Waals surface area contributed by atoms with Crippen molar-refractivity contribution in [1.29, 1.82) is 0 Å². The predicted molar refractivity (Wildman–Crippen MR) is 92.2 cm³/mol. The molecule has 1 aliphatic rings. The molecule has 1 aromatic rings. The average molecular weight is 359 g/mol. The van der Waals surface area contributed by atoms with E-state index in [1.165, 1.54) is 34.3 Å². The van der Waals surface area contributed by atoms with Crippen LogP contribution in [0.4, 0.5) is 0 Å². The molecule has 0 saturated heterocycles. The van der Waals surface area contributed by atoms with Crippen molar-refractivity contribution in [2.45, 2.75) is 64.1 Å². The molecule has 0 spiro atoms. The first kappa shape index (κ1) is 16.5. The molecular formula is C16H27BrN2S. The summed E-state index contributed by atoms with van der Waals surface area (Å²) in [5.41, 5.74) is 6.44. The molecule has 2 nitrogen and oxygen atoms in total. The van der Waals surface area contributed by atoms with Crippen molar-refractivity contribution >= 4 is 27.3 Å². The summed E-state index contributed by atoms with van der Waals surface area (Å²) >= 11 is 5.41. The lowest BCUT2D eigenvalue weighted by Crippen LogP contribution is -2.44. The molecule has 1 aromatic heterocycles. The second kappa shape index (κ2) is 7.39. The summed E-state index contributed by atoms with van der Waals surface area (Å²) in [5, 5.41) is 0. The fourth-order valence-electron chi connectivity index (χ4n) is 3.30. The van der Waals surface area contributed by atoms with Crippen LogP contribution in [0.1, 0.15) is 56.9 Å². The number of thiophene rings is 1. The van der Waals surface area contributed by atoms with E-state index in [-0.39, 0.29) is 6.04 Å². The number of nitrogens with zero attached hydrogens (tertiary/aromatic N) is 1. The van der Waals surface area contributed by atoms with Crippen molar-refractivity contribution in [1.82, 2.24) is 4.90 Å². The molecule has 0 aromatic carbocycles. The third-order valence-electron chi connectivity index (χ3n) is 4.76. The molecule has 1 aliphatic carbocycles. The van der Waals surface area contributed by atoms with E-state index in [0.717, 1.165) is 12.3 Å². The van der Waals surface area contributed by atoms with Gasteiger partial charge in [0.15, 0.2) is 0 Å². The van der Waals surface area contributed by atoms with Crippen LogP contribution in [0.15, 0.2) is 15.9 Å². The van der Waals surface area contributed by atoms with Crippen LogP contribution >= 0.6 is 27.3 Å². The van der Waals surface area contributed by atoms with E-state index < -0.39 is 0 Å². The van der Waals surface area contributed by atoms with Gasteiger partial charge in [0.1, 0.15) is 0 Å². The number of nitrogens with two attached hydrogens (primary N) is 1. The van der Waals surface area contributed by atoms with Crippen LogP contribution in [0.5, 0.6) is 0 Å². The van der Waals surface area contributed by atoms with Gasteiger partial charge >= 0.3 is 0 Å². The molecule has 0 aliphatic heterocycles. The molecule has 0 amide bonds. The number of halogens is 1. The van der Waals surface area contributed by atoms with Gasteiger partial charge in [0.25, 0.3) is 0 Å². The van der Waals surface area contributed by atoms with Crippen LogP contribution in [0, 0.1) is 5.92 Å². The minimum atomic E-state index is 0.213. The lowest BCUT2D eigenvalue weighted by atomic mass is 9.85. The Hall–Kier alpha value is 0.1000. The molecule has 114 valence electrons. The first-order valence-corrected chi connectivity index (χ1v) is 9.36. The van der Waals surface area contributed by atoms with Gasteiger partial charge < -0.3 is 5.73 Å². The van der Waals surface area contributed by atoms with E-state index in [1.807, 2.05) is 11.3 Å². The van der Waals surface area contributed by atoms with Crippen molar-refractivity contribution < 1.29 is 0 Å². The van der Waals surface area contributed by atoms with E-state index in [1.54, 1.807) is 0 Å². The third kappa shape index (κ3) is 3.85. The minimum Gasteiger partial charge on any atom is -0.326 e. The Kier molecular flexibility index (Phi) is 6.09. The van der Waals surface area contributed by atoms with Gasteiger partial charge in [-0.2, -0.15) is 0 Å². The van der Waals surface area contributed by atoms with Crippen molar-refractivity contribution in [3.8, 4) is 0 Å². The summed E-state index contributed by atoms with van der Waals surface area (Å²) in [6.07, 6.45) is 6.37. The van der Waals surface area contributed by atoms with E-state index >= 15 is 0 Å². The van der Waals surface area contributed by atoms with Crippen molar-refractivity contribution in [2.24, 2.45) is 11.7 Å². The molecule has 4 heteroatoms. The maximum Gasteiger partial charge on any atom is 0.0702 e. The van der Waals surface area contributed by atoms with Gasteiger partial charge in [-0.1, -0.05) is 13.8 Å². The van der Waals surface area contributed by atoms with Crippen LogP contribution < -0.4 is 5.73 Å². The molecule has 1 saturated carbocycles. The number of likely N-dealkylation sites (N-methyl/N-ethyl adjacent to an activating group) is 1. The Labute approximate surface area is 135 Å². The van der Waals surface area contributed by atoms with Crippen molar-refractivity contribution in [3.63, 3.8) is 0 Å². The maximum atomic E-state index is 6.44. The maximum absolute atomic E-state index is 6.44. The van der Waals surface area contributed by atoms with Crippen LogP contribution in [0.3, 0.4) is 0 Å². The van der Waals surface area contributed by atoms with Crippen LogP contribution in [-0.2, 0) is 0 Å². The fourth-order valence-corrected chi connectivity index (χ4v) is 4.95. The lowest BCUT2D eigenvalue weighted by molar-refractivity contribution is 0.108. The summed E-state index contributed by atoms with van der Waals surface area (Å²) in [6, 6.07) is 5.64. The lowest BCUT2D eigenvalue weighted by Gasteiger charge is -2.40. The Morgan fingerprint density at radius 1 is 1.35 bits per heavy atom. The van der Waals surface area contributed by atoms with Gasteiger partial charge in [0.05, 0.1) is 9.83 Å². The van der Waals surface area contributed by atoms with Crippen LogP contribution in [-0.4, -0.2) is 24.0 Å². The van der Waals surface area contributed by atoms with Crippen LogP contribution in [0.2, 0.25) is 0 Å². The molecule has 2 rings (SSSR count). The molecule has 2 unspecified atom stereocenters. The normalized spacial score (nSPS) is 26.7. The molecular weight excluding hydrogens is 332 g/mol. The van der Waals surface area contributed by atoms with Crippen molar-refractivity contribution in [2.75, 3.05) is 7.05 Å². The van der Waals surface area contributed by atoms with E-state index in [9.17, 15) is 0 Å². The quantitative estimate of drug-likeness (QED) is 0.818. The fraction of sp³-hybridized carbons (Fsp3) is 0.750. The van der Waals surface area contributed by atoms with Gasteiger partial charge in [0.2, 0.25) is 0 Å². The summed E-state index contributed by atoms with van der Waals surface area (Å²) in [7, 11) is 2.27. The van der Waals surface area contributed by atoms with E-state index in [4.69, 9.17) is 5.73 Å². The molecule has 1 fully saturated rings. The first-order valence-electron chi connectivity index (χ1n) is 7.75. The second-order valence-electron chi connectivity index (χ2n) is 6.24. The first-order chi connectivity index (χ1) is 9.52. The standard InChI is InChI=1S/C16H27BrN2S/c1-4-13(18)16(14-9-10-15(17)20-14)19(3)12-7-5-11(2)6-8-12/h9-13,16H,4-8,18H2,1-3H3. The summed E-state index contributed by atoms with van der Waals surface area (Å²) in [4.78, 5) is 3.95. The summed E-state index contributed by atoms with van der Waals surface area (Å²) in [5.74, 6) is 0.897. The molecule has 0 bridgehead atoms. The van der Waals surface area contributed by atoms with Gasteiger partial charge in [0, 0.05) is 17.0 Å². The SMILES string of the molecule is CCC(N)C(c1ccc(Br)s1)N(C)C1CCC(C)CC1. The number of hydrogen-bond acceptors (Lipinski definition) is 3. The zero-order valence-corrected chi connectivity index (χ0v) is 15.2. The zero-order chi connectivity index (χ0) is 14.7. The predicted octanol–water partition coefficient (Wildman–Crippen LogP) is 4.80. The average Bonchev–Trinajstić information content (AvgIpc) is 2.85. The highest BCUT2D eigenvalue weighted by Crippen LogP contribution is 2.36. The Bertz CT molecular complexity index is 412. The molecule has 2 atom stereocenters. The zero-order valence-electron chi connectivity index (χ0n) is 12.8.